The largest absolute Gasteiger partial charge is 0.495 e. The molecular formula is C21H22N4O5S. The van der Waals surface area contributed by atoms with E-state index in [1.807, 2.05) is 6.92 Å². The Morgan fingerprint density at radius 2 is 2.06 bits per heavy atom. The molecule has 0 spiro atoms. The molecule has 0 unspecified atom stereocenters. The van der Waals surface area contributed by atoms with Crippen LogP contribution < -0.4 is 15.6 Å². The van der Waals surface area contributed by atoms with Crippen molar-refractivity contribution in [2.75, 3.05) is 12.4 Å². The number of hydrogen-bond donors (Lipinski definition) is 1. The maximum absolute atomic E-state index is 12.9. The lowest BCUT2D eigenvalue weighted by molar-refractivity contribution is -0.384. The predicted molar refractivity (Wildman–Crippen MR) is 120 cm³/mol. The normalized spacial score (nSPS) is 11.8. The van der Waals surface area contributed by atoms with Crippen molar-refractivity contribution in [2.24, 2.45) is 0 Å². The number of fused-ring (bicyclic) bond motifs is 1. The van der Waals surface area contributed by atoms with E-state index in [1.165, 1.54) is 25.3 Å². The molecule has 0 aliphatic heterocycles. The number of aromatic nitrogens is 2. The van der Waals surface area contributed by atoms with Gasteiger partial charge in [0.25, 0.3) is 11.2 Å². The van der Waals surface area contributed by atoms with E-state index in [0.29, 0.717) is 28.4 Å². The molecule has 0 bridgehead atoms. The molecule has 3 aromatic rings. The lowest BCUT2D eigenvalue weighted by Gasteiger charge is -2.16. The van der Waals surface area contributed by atoms with Gasteiger partial charge in [-0.2, -0.15) is 0 Å². The summed E-state index contributed by atoms with van der Waals surface area (Å²) < 4.78 is 6.77. The first kappa shape index (κ1) is 22.3. The fourth-order valence-electron chi connectivity index (χ4n) is 3.01. The minimum absolute atomic E-state index is 0.150. The summed E-state index contributed by atoms with van der Waals surface area (Å²) in [5.74, 6) is -0.0860. The summed E-state index contributed by atoms with van der Waals surface area (Å²) in [6.45, 7) is 4.12. The Bertz CT molecular complexity index is 1190. The fourth-order valence-corrected chi connectivity index (χ4v) is 3.95. The average molecular weight is 442 g/mol. The number of non-ortho nitro benzene ring substituents is 1. The van der Waals surface area contributed by atoms with Gasteiger partial charge in [0.2, 0.25) is 5.91 Å². The number of ether oxygens (including phenoxy) is 1. The van der Waals surface area contributed by atoms with Crippen molar-refractivity contribution in [3.05, 3.63) is 62.9 Å². The van der Waals surface area contributed by atoms with Crippen molar-refractivity contribution in [1.82, 2.24) is 9.55 Å². The molecule has 2 aromatic carbocycles. The number of hydrogen-bond acceptors (Lipinski definition) is 7. The van der Waals surface area contributed by atoms with Crippen molar-refractivity contribution in [3.8, 4) is 5.75 Å². The number of nitro benzene ring substituents is 1. The summed E-state index contributed by atoms with van der Waals surface area (Å²) in [7, 11) is 1.41. The molecule has 162 valence electrons. The van der Waals surface area contributed by atoms with E-state index in [0.717, 1.165) is 18.2 Å². The van der Waals surface area contributed by atoms with Gasteiger partial charge in [0.1, 0.15) is 5.75 Å². The van der Waals surface area contributed by atoms with Crippen LogP contribution in [0, 0.1) is 10.1 Å². The second kappa shape index (κ2) is 9.61. The number of para-hydroxylation sites is 1. The van der Waals surface area contributed by atoms with Crippen LogP contribution in [0.25, 0.3) is 10.9 Å². The fraction of sp³-hybridized carbons (Fsp3) is 0.286. The first-order chi connectivity index (χ1) is 14.8. The van der Waals surface area contributed by atoms with Crippen LogP contribution in [0.15, 0.2) is 52.4 Å². The molecule has 1 amide bonds. The summed E-state index contributed by atoms with van der Waals surface area (Å²) >= 11 is 1.16. The number of amides is 1. The van der Waals surface area contributed by atoms with Gasteiger partial charge in [-0.05, 0) is 31.5 Å². The van der Waals surface area contributed by atoms with Crippen LogP contribution in [-0.2, 0) is 11.3 Å². The number of thioether (sulfide) groups is 1. The van der Waals surface area contributed by atoms with Crippen molar-refractivity contribution < 1.29 is 14.5 Å². The zero-order valence-corrected chi connectivity index (χ0v) is 18.1. The number of rotatable bonds is 8. The summed E-state index contributed by atoms with van der Waals surface area (Å²) in [6.07, 6.45) is 0.735. The standard InChI is InChI=1S/C21H22N4O5S/c1-4-11-24-20(27)15-7-5-6-8-16(15)23-21(24)31-13(2)19(26)22-17-12-14(25(28)29)9-10-18(17)30-3/h5-10,12-13H,4,11H2,1-3H3,(H,22,26)/t13-/m0/s1. The van der Waals surface area contributed by atoms with E-state index in [9.17, 15) is 19.7 Å². The number of carbonyl (C=O) groups excluding carboxylic acids is 1. The quantitative estimate of drug-likeness (QED) is 0.244. The highest BCUT2D eigenvalue weighted by Crippen LogP contribution is 2.30. The van der Waals surface area contributed by atoms with E-state index in [-0.39, 0.29) is 16.9 Å². The average Bonchev–Trinajstić information content (AvgIpc) is 2.76. The first-order valence-electron chi connectivity index (χ1n) is 9.65. The third-order valence-electron chi connectivity index (χ3n) is 4.58. The molecular weight excluding hydrogens is 420 g/mol. The number of nitrogens with zero attached hydrogens (tertiary/aromatic N) is 3. The zero-order valence-electron chi connectivity index (χ0n) is 17.3. The van der Waals surface area contributed by atoms with Crippen LogP contribution >= 0.6 is 11.8 Å². The molecule has 1 aromatic heterocycles. The number of methoxy groups -OCH3 is 1. The summed E-state index contributed by atoms with van der Waals surface area (Å²) in [5.41, 5.74) is 0.453. The third-order valence-corrected chi connectivity index (χ3v) is 5.67. The molecule has 0 aliphatic rings. The minimum Gasteiger partial charge on any atom is -0.495 e. The Balaban J connectivity index is 1.89. The molecule has 0 saturated carbocycles. The molecule has 9 nitrogen and oxygen atoms in total. The number of nitrogens with one attached hydrogen (secondary N) is 1. The molecule has 0 radical (unpaired) electrons. The Hall–Kier alpha value is -3.40. The minimum atomic E-state index is -0.625. The van der Waals surface area contributed by atoms with Crippen LogP contribution in [0.2, 0.25) is 0 Å². The molecule has 1 atom stereocenters. The zero-order chi connectivity index (χ0) is 22.5. The maximum Gasteiger partial charge on any atom is 0.271 e. The third kappa shape index (κ3) is 4.85. The Labute approximate surface area is 182 Å². The van der Waals surface area contributed by atoms with Gasteiger partial charge in [-0.3, -0.25) is 24.3 Å². The first-order valence-corrected chi connectivity index (χ1v) is 10.5. The summed E-state index contributed by atoms with van der Waals surface area (Å²) in [4.78, 5) is 40.8. The van der Waals surface area contributed by atoms with Gasteiger partial charge in [-0.15, -0.1) is 0 Å². The van der Waals surface area contributed by atoms with Crippen LogP contribution in [-0.4, -0.2) is 32.7 Å². The van der Waals surface area contributed by atoms with E-state index in [1.54, 1.807) is 35.8 Å². The maximum atomic E-state index is 12.9. The SMILES string of the molecule is CCCn1c(S[C@@H](C)C(=O)Nc2cc([N+](=O)[O-])ccc2OC)nc2ccccc2c1=O. The Kier molecular flexibility index (Phi) is 6.91. The van der Waals surface area contributed by atoms with E-state index < -0.39 is 16.1 Å². The highest BCUT2D eigenvalue weighted by atomic mass is 32.2. The van der Waals surface area contributed by atoms with Gasteiger partial charge in [0.15, 0.2) is 5.16 Å². The molecule has 0 aliphatic carbocycles. The molecule has 0 fully saturated rings. The van der Waals surface area contributed by atoms with Crippen molar-refractivity contribution in [3.63, 3.8) is 0 Å². The lowest BCUT2D eigenvalue weighted by atomic mass is 10.2. The smallest absolute Gasteiger partial charge is 0.271 e. The van der Waals surface area contributed by atoms with E-state index in [4.69, 9.17) is 4.74 Å². The molecule has 1 heterocycles. The second-order valence-corrected chi connectivity index (χ2v) is 8.07. The van der Waals surface area contributed by atoms with Gasteiger partial charge >= 0.3 is 0 Å². The number of carbonyl (C=O) groups is 1. The Morgan fingerprint density at radius 1 is 1.32 bits per heavy atom. The molecule has 0 saturated heterocycles. The van der Waals surface area contributed by atoms with E-state index >= 15 is 0 Å². The van der Waals surface area contributed by atoms with E-state index in [2.05, 4.69) is 10.3 Å². The van der Waals surface area contributed by atoms with Gasteiger partial charge in [0.05, 0.1) is 33.9 Å². The lowest BCUT2D eigenvalue weighted by Crippen LogP contribution is -2.27. The van der Waals surface area contributed by atoms with Gasteiger partial charge < -0.3 is 10.1 Å². The van der Waals surface area contributed by atoms with Gasteiger partial charge in [-0.1, -0.05) is 30.8 Å². The highest BCUT2D eigenvalue weighted by molar-refractivity contribution is 8.00. The predicted octanol–water partition coefficient (Wildman–Crippen LogP) is 3.84. The molecule has 1 N–H and O–H groups in total. The number of nitro groups is 1. The summed E-state index contributed by atoms with van der Waals surface area (Å²) in [6, 6.07) is 11.1. The highest BCUT2D eigenvalue weighted by Gasteiger charge is 2.21. The molecule has 10 heteroatoms. The Morgan fingerprint density at radius 3 is 2.74 bits per heavy atom. The van der Waals surface area contributed by atoms with Gasteiger partial charge in [0, 0.05) is 18.7 Å². The van der Waals surface area contributed by atoms with Crippen LogP contribution in [0.3, 0.4) is 0 Å². The van der Waals surface area contributed by atoms with Gasteiger partial charge in [-0.25, -0.2) is 4.98 Å². The van der Waals surface area contributed by atoms with Crippen LogP contribution in [0.5, 0.6) is 5.75 Å². The topological polar surface area (TPSA) is 116 Å². The second-order valence-electron chi connectivity index (χ2n) is 6.76. The summed E-state index contributed by atoms with van der Waals surface area (Å²) in [5, 5.41) is 14.1. The van der Waals surface area contributed by atoms with Crippen molar-refractivity contribution >= 4 is 39.9 Å². The van der Waals surface area contributed by atoms with Crippen molar-refractivity contribution in [1.29, 1.82) is 0 Å². The molecule has 3 rings (SSSR count). The monoisotopic (exact) mass is 442 g/mol. The number of benzene rings is 2. The van der Waals surface area contributed by atoms with Crippen molar-refractivity contribution in [2.45, 2.75) is 37.2 Å². The molecule has 31 heavy (non-hydrogen) atoms. The van der Waals surface area contributed by atoms with Crippen LogP contribution in [0.1, 0.15) is 20.3 Å². The van der Waals surface area contributed by atoms with Crippen LogP contribution in [0.4, 0.5) is 11.4 Å². The number of anilines is 1.